The zero-order valence-corrected chi connectivity index (χ0v) is 10.3. The first-order valence-corrected chi connectivity index (χ1v) is 6.54. The highest BCUT2D eigenvalue weighted by molar-refractivity contribution is 7.99. The van der Waals surface area contributed by atoms with E-state index in [4.69, 9.17) is 5.73 Å². The molecule has 1 amide bonds. The summed E-state index contributed by atoms with van der Waals surface area (Å²) >= 11 is 1.77. The molecule has 0 rings (SSSR count). The van der Waals surface area contributed by atoms with Gasteiger partial charge in [0.15, 0.2) is 0 Å². The van der Waals surface area contributed by atoms with Gasteiger partial charge in [0.1, 0.15) is 0 Å². The van der Waals surface area contributed by atoms with E-state index in [1.807, 2.05) is 13.0 Å². The molecule has 0 aliphatic carbocycles. The van der Waals surface area contributed by atoms with Crippen LogP contribution in [0.3, 0.4) is 0 Å². The van der Waals surface area contributed by atoms with E-state index in [2.05, 4.69) is 11.9 Å². The maximum absolute atomic E-state index is 11.5. The van der Waals surface area contributed by atoms with Crippen molar-refractivity contribution in [1.82, 2.24) is 5.32 Å². The molecule has 3 nitrogen and oxygen atoms in total. The Morgan fingerprint density at radius 2 is 2.40 bits per heavy atom. The van der Waals surface area contributed by atoms with Crippen molar-refractivity contribution in [2.24, 2.45) is 11.7 Å². The van der Waals surface area contributed by atoms with Crippen molar-refractivity contribution in [2.75, 3.05) is 24.6 Å². The van der Waals surface area contributed by atoms with Crippen LogP contribution < -0.4 is 11.1 Å². The molecule has 0 aromatic heterocycles. The largest absolute Gasteiger partial charge is 0.355 e. The topological polar surface area (TPSA) is 55.1 Å². The Morgan fingerprint density at radius 3 is 3.00 bits per heavy atom. The minimum absolute atomic E-state index is 0.0814. The molecule has 3 N–H and O–H groups in total. The lowest BCUT2D eigenvalue weighted by Gasteiger charge is -2.11. The van der Waals surface area contributed by atoms with Crippen molar-refractivity contribution in [3.05, 3.63) is 12.7 Å². The number of carbonyl (C=O) groups is 1. The van der Waals surface area contributed by atoms with E-state index in [1.165, 1.54) is 0 Å². The molecule has 0 heterocycles. The van der Waals surface area contributed by atoms with Gasteiger partial charge in [0.05, 0.1) is 0 Å². The molecule has 0 radical (unpaired) electrons. The molecule has 0 aromatic rings. The van der Waals surface area contributed by atoms with E-state index < -0.39 is 0 Å². The van der Waals surface area contributed by atoms with Crippen molar-refractivity contribution in [1.29, 1.82) is 0 Å². The van der Waals surface area contributed by atoms with Gasteiger partial charge in [0.25, 0.3) is 0 Å². The summed E-state index contributed by atoms with van der Waals surface area (Å²) in [4.78, 5) is 11.5. The lowest BCUT2D eigenvalue weighted by atomic mass is 10.1. The molecular formula is C11H22N2OS. The lowest BCUT2D eigenvalue weighted by molar-refractivity contribution is -0.124. The molecule has 0 saturated heterocycles. The van der Waals surface area contributed by atoms with Gasteiger partial charge in [-0.2, -0.15) is 11.8 Å². The molecule has 1 atom stereocenters. The van der Waals surface area contributed by atoms with Crippen molar-refractivity contribution in [2.45, 2.75) is 19.8 Å². The molecule has 0 bridgehead atoms. The summed E-state index contributed by atoms with van der Waals surface area (Å²) in [5.41, 5.74) is 5.39. The number of nitrogens with two attached hydrogens (primary N) is 1. The van der Waals surface area contributed by atoms with Crippen LogP contribution in [-0.2, 0) is 4.79 Å². The van der Waals surface area contributed by atoms with Gasteiger partial charge in [-0.05, 0) is 19.4 Å². The van der Waals surface area contributed by atoms with Crippen LogP contribution in [0.4, 0.5) is 0 Å². The molecule has 0 spiro atoms. The maximum Gasteiger partial charge on any atom is 0.222 e. The predicted octanol–water partition coefficient (Wildman–Crippen LogP) is 1.40. The molecule has 0 aromatic carbocycles. The first-order valence-electron chi connectivity index (χ1n) is 5.38. The van der Waals surface area contributed by atoms with Gasteiger partial charge in [-0.1, -0.05) is 13.0 Å². The number of carbonyl (C=O) groups excluding carboxylic acids is 1. The fraction of sp³-hybridized carbons (Fsp3) is 0.727. The van der Waals surface area contributed by atoms with Crippen LogP contribution in [0.15, 0.2) is 12.7 Å². The zero-order chi connectivity index (χ0) is 11.5. The quantitative estimate of drug-likeness (QED) is 0.465. The number of amides is 1. The first kappa shape index (κ1) is 14.5. The first-order chi connectivity index (χ1) is 7.22. The molecular weight excluding hydrogens is 208 g/mol. The summed E-state index contributed by atoms with van der Waals surface area (Å²) in [6.07, 6.45) is 3.66. The lowest BCUT2D eigenvalue weighted by Crippen LogP contribution is -2.31. The molecule has 4 heteroatoms. The van der Waals surface area contributed by atoms with Crippen LogP contribution in [0.2, 0.25) is 0 Å². The molecule has 0 saturated carbocycles. The Bertz CT molecular complexity index is 185. The third-order valence-electron chi connectivity index (χ3n) is 2.07. The summed E-state index contributed by atoms with van der Waals surface area (Å²) in [5, 5.41) is 2.92. The summed E-state index contributed by atoms with van der Waals surface area (Å²) in [7, 11) is 0. The highest BCUT2D eigenvalue weighted by Gasteiger charge is 2.10. The highest BCUT2D eigenvalue weighted by atomic mass is 32.2. The van der Waals surface area contributed by atoms with E-state index in [0.29, 0.717) is 6.54 Å². The average molecular weight is 230 g/mol. The number of hydrogen-bond acceptors (Lipinski definition) is 3. The van der Waals surface area contributed by atoms with E-state index in [0.717, 1.165) is 30.9 Å². The Hall–Kier alpha value is -0.480. The third kappa shape index (κ3) is 8.51. The standard InChI is InChI=1S/C11H22N2OS/c1-3-8-15-9-7-13-11(14)10(2)5-4-6-12/h3,10H,1,4-9,12H2,2H3,(H,13,14). The molecule has 15 heavy (non-hydrogen) atoms. The van der Waals surface area contributed by atoms with Gasteiger partial charge in [-0.15, -0.1) is 6.58 Å². The third-order valence-corrected chi connectivity index (χ3v) is 3.03. The van der Waals surface area contributed by atoms with Crippen LogP contribution in [-0.4, -0.2) is 30.5 Å². The molecule has 0 fully saturated rings. The fourth-order valence-corrected chi connectivity index (χ4v) is 1.72. The smallest absolute Gasteiger partial charge is 0.222 e. The van der Waals surface area contributed by atoms with Crippen LogP contribution in [0.5, 0.6) is 0 Å². The maximum atomic E-state index is 11.5. The monoisotopic (exact) mass is 230 g/mol. The van der Waals surface area contributed by atoms with Crippen LogP contribution in [0.1, 0.15) is 19.8 Å². The second-order valence-electron chi connectivity index (χ2n) is 3.49. The second-order valence-corrected chi connectivity index (χ2v) is 4.64. The van der Waals surface area contributed by atoms with Crippen LogP contribution in [0.25, 0.3) is 0 Å². The SMILES string of the molecule is C=CCSCCNC(=O)C(C)CCCN. The average Bonchev–Trinajstić information content (AvgIpc) is 2.25. The van der Waals surface area contributed by atoms with Gasteiger partial charge < -0.3 is 11.1 Å². The van der Waals surface area contributed by atoms with Crippen molar-refractivity contribution in [3.63, 3.8) is 0 Å². The fourth-order valence-electron chi connectivity index (χ4n) is 1.14. The van der Waals surface area contributed by atoms with Gasteiger partial charge in [-0.3, -0.25) is 4.79 Å². The van der Waals surface area contributed by atoms with Gasteiger partial charge in [-0.25, -0.2) is 0 Å². The number of hydrogen-bond donors (Lipinski definition) is 2. The Labute approximate surface area is 96.9 Å². The molecule has 0 aliphatic rings. The number of rotatable bonds is 9. The Kier molecular flexibility index (Phi) is 9.73. The second kappa shape index (κ2) is 10.1. The van der Waals surface area contributed by atoms with Crippen molar-refractivity contribution < 1.29 is 4.79 Å². The minimum atomic E-state index is 0.0814. The summed E-state index contributed by atoms with van der Waals surface area (Å²) in [5.74, 6) is 2.11. The Balaban J connectivity index is 3.42. The van der Waals surface area contributed by atoms with Crippen molar-refractivity contribution in [3.8, 4) is 0 Å². The Morgan fingerprint density at radius 1 is 1.67 bits per heavy atom. The van der Waals surface area contributed by atoms with Gasteiger partial charge >= 0.3 is 0 Å². The van der Waals surface area contributed by atoms with Crippen LogP contribution in [0, 0.1) is 5.92 Å². The van der Waals surface area contributed by atoms with E-state index >= 15 is 0 Å². The van der Waals surface area contributed by atoms with E-state index in [-0.39, 0.29) is 11.8 Å². The zero-order valence-electron chi connectivity index (χ0n) is 9.50. The van der Waals surface area contributed by atoms with E-state index in [1.54, 1.807) is 11.8 Å². The normalized spacial score (nSPS) is 12.1. The molecule has 0 aliphatic heterocycles. The summed E-state index contributed by atoms with van der Waals surface area (Å²) in [6, 6.07) is 0. The number of nitrogens with one attached hydrogen (secondary N) is 1. The predicted molar refractivity (Wildman–Crippen MR) is 68.0 cm³/mol. The minimum Gasteiger partial charge on any atom is -0.355 e. The van der Waals surface area contributed by atoms with E-state index in [9.17, 15) is 4.79 Å². The molecule has 88 valence electrons. The van der Waals surface area contributed by atoms with Crippen LogP contribution >= 0.6 is 11.8 Å². The number of thioether (sulfide) groups is 1. The summed E-state index contributed by atoms with van der Waals surface area (Å²) < 4.78 is 0. The van der Waals surface area contributed by atoms with Gasteiger partial charge in [0, 0.05) is 24.0 Å². The summed E-state index contributed by atoms with van der Waals surface area (Å²) in [6.45, 7) is 6.98. The highest BCUT2D eigenvalue weighted by Crippen LogP contribution is 2.04. The van der Waals surface area contributed by atoms with Crippen molar-refractivity contribution >= 4 is 17.7 Å². The van der Waals surface area contributed by atoms with Gasteiger partial charge in [0.2, 0.25) is 5.91 Å². The molecule has 1 unspecified atom stereocenters.